The van der Waals surface area contributed by atoms with Gasteiger partial charge in [-0.05, 0) is 49.0 Å². The topological polar surface area (TPSA) is 70.2 Å². The average Bonchev–Trinajstić information content (AvgIpc) is 2.61. The quantitative estimate of drug-likeness (QED) is 0.692. The summed E-state index contributed by atoms with van der Waals surface area (Å²) in [6, 6.07) is 12.6. The van der Waals surface area contributed by atoms with Gasteiger partial charge >= 0.3 is 0 Å². The number of rotatable bonds is 7. The van der Waals surface area contributed by atoms with E-state index in [9.17, 15) is 14.0 Å². The van der Waals surface area contributed by atoms with Crippen molar-refractivity contribution in [1.29, 1.82) is 0 Å². The first-order chi connectivity index (χ1) is 12.0. The minimum absolute atomic E-state index is 0. The van der Waals surface area contributed by atoms with Crippen LogP contribution in [0.15, 0.2) is 48.5 Å². The second-order valence-corrected chi connectivity index (χ2v) is 5.83. The van der Waals surface area contributed by atoms with Gasteiger partial charge in [-0.15, -0.1) is 12.4 Å². The molecule has 0 fully saturated rings. The van der Waals surface area contributed by atoms with E-state index in [2.05, 4.69) is 16.0 Å². The lowest BCUT2D eigenvalue weighted by Gasteiger charge is -2.12. The van der Waals surface area contributed by atoms with Crippen molar-refractivity contribution in [2.75, 3.05) is 18.9 Å². The van der Waals surface area contributed by atoms with Crippen LogP contribution in [0.2, 0.25) is 0 Å². The van der Waals surface area contributed by atoms with E-state index >= 15 is 0 Å². The molecule has 3 N–H and O–H groups in total. The highest BCUT2D eigenvalue weighted by atomic mass is 35.5. The summed E-state index contributed by atoms with van der Waals surface area (Å²) in [7, 11) is 1.81. The summed E-state index contributed by atoms with van der Waals surface area (Å²) in [6.45, 7) is 2.92. The van der Waals surface area contributed by atoms with E-state index in [1.165, 1.54) is 24.3 Å². The molecular weight excluding hydrogens is 357 g/mol. The Morgan fingerprint density at radius 3 is 2.23 bits per heavy atom. The Kier molecular flexibility index (Phi) is 8.75. The number of amides is 2. The molecule has 26 heavy (non-hydrogen) atoms. The highest BCUT2D eigenvalue weighted by molar-refractivity contribution is 6.04. The number of carbonyl (C=O) groups is 2. The number of nitrogens with one attached hydrogen (secondary N) is 3. The lowest BCUT2D eigenvalue weighted by atomic mass is 10.1. The van der Waals surface area contributed by atoms with E-state index in [0.29, 0.717) is 24.3 Å². The van der Waals surface area contributed by atoms with Crippen LogP contribution < -0.4 is 16.0 Å². The van der Waals surface area contributed by atoms with E-state index in [1.807, 2.05) is 26.1 Å². The molecule has 0 aliphatic carbocycles. The first-order valence-electron chi connectivity index (χ1n) is 8.07. The molecule has 0 bridgehead atoms. The Labute approximate surface area is 158 Å². The molecule has 0 saturated carbocycles. The molecule has 2 rings (SSSR count). The van der Waals surface area contributed by atoms with Gasteiger partial charge in [0.25, 0.3) is 5.91 Å². The zero-order valence-electron chi connectivity index (χ0n) is 14.7. The van der Waals surface area contributed by atoms with Crippen molar-refractivity contribution in [1.82, 2.24) is 10.6 Å². The number of hydrogen-bond donors (Lipinski definition) is 3. The fourth-order valence-electron chi connectivity index (χ4n) is 2.27. The van der Waals surface area contributed by atoms with Crippen molar-refractivity contribution in [2.24, 2.45) is 5.92 Å². The van der Waals surface area contributed by atoms with Gasteiger partial charge < -0.3 is 16.0 Å². The van der Waals surface area contributed by atoms with Crippen LogP contribution in [0.5, 0.6) is 0 Å². The van der Waals surface area contributed by atoms with Crippen molar-refractivity contribution in [2.45, 2.75) is 13.5 Å². The van der Waals surface area contributed by atoms with Crippen LogP contribution in [0, 0.1) is 11.7 Å². The van der Waals surface area contributed by atoms with E-state index in [1.54, 1.807) is 12.1 Å². The zero-order chi connectivity index (χ0) is 18.2. The lowest BCUT2D eigenvalue weighted by Crippen LogP contribution is -2.33. The van der Waals surface area contributed by atoms with Crippen LogP contribution in [0.1, 0.15) is 22.8 Å². The van der Waals surface area contributed by atoms with Crippen LogP contribution in [0.3, 0.4) is 0 Å². The summed E-state index contributed by atoms with van der Waals surface area (Å²) < 4.78 is 12.9. The average molecular weight is 380 g/mol. The summed E-state index contributed by atoms with van der Waals surface area (Å²) in [4.78, 5) is 23.9. The van der Waals surface area contributed by atoms with Crippen molar-refractivity contribution < 1.29 is 14.0 Å². The van der Waals surface area contributed by atoms with Gasteiger partial charge in [0.15, 0.2) is 0 Å². The van der Waals surface area contributed by atoms with E-state index in [4.69, 9.17) is 0 Å². The van der Waals surface area contributed by atoms with Gasteiger partial charge in [0.2, 0.25) is 5.91 Å². The van der Waals surface area contributed by atoms with Gasteiger partial charge in [-0.3, -0.25) is 9.59 Å². The summed E-state index contributed by atoms with van der Waals surface area (Å²) in [5.41, 5.74) is 1.95. The first-order valence-corrected chi connectivity index (χ1v) is 8.07. The molecule has 0 saturated heterocycles. The summed E-state index contributed by atoms with van der Waals surface area (Å²) in [5.74, 6) is -0.795. The molecule has 0 spiro atoms. The Balaban J connectivity index is 0.00000338. The Morgan fingerprint density at radius 2 is 1.65 bits per heavy atom. The molecule has 2 aromatic rings. The molecule has 7 heteroatoms. The predicted octanol–water partition coefficient (Wildman–Crippen LogP) is 2.97. The zero-order valence-corrected chi connectivity index (χ0v) is 15.5. The number of anilines is 1. The number of carbonyl (C=O) groups excluding carboxylic acids is 2. The Morgan fingerprint density at radius 1 is 1.04 bits per heavy atom. The molecule has 1 atom stereocenters. The van der Waals surface area contributed by atoms with E-state index in [-0.39, 0.29) is 36.0 Å². The van der Waals surface area contributed by atoms with Gasteiger partial charge in [-0.2, -0.15) is 0 Å². The second-order valence-electron chi connectivity index (χ2n) is 5.83. The third-order valence-corrected chi connectivity index (χ3v) is 3.74. The molecule has 0 aliphatic rings. The molecule has 2 amide bonds. The molecule has 140 valence electrons. The number of benzene rings is 2. The summed E-state index contributed by atoms with van der Waals surface area (Å²) in [5, 5.41) is 8.59. The minimum Gasteiger partial charge on any atom is -0.352 e. The fraction of sp³-hybridized carbons (Fsp3) is 0.263. The lowest BCUT2D eigenvalue weighted by molar-refractivity contribution is -0.124. The fourth-order valence-corrected chi connectivity index (χ4v) is 2.27. The molecule has 0 radical (unpaired) electrons. The molecular formula is C19H23ClFN3O2. The predicted molar refractivity (Wildman–Crippen MR) is 103 cm³/mol. The molecule has 1 unspecified atom stereocenters. The normalized spacial score (nSPS) is 11.2. The van der Waals surface area contributed by atoms with Gasteiger partial charge in [-0.1, -0.05) is 19.1 Å². The Bertz CT molecular complexity index is 721. The maximum atomic E-state index is 12.9. The molecule has 5 nitrogen and oxygen atoms in total. The first kappa shape index (κ1) is 21.6. The van der Waals surface area contributed by atoms with Crippen molar-refractivity contribution in [3.8, 4) is 0 Å². The third kappa shape index (κ3) is 6.46. The van der Waals surface area contributed by atoms with Crippen molar-refractivity contribution in [3.63, 3.8) is 0 Å². The van der Waals surface area contributed by atoms with Gasteiger partial charge in [-0.25, -0.2) is 4.39 Å². The monoisotopic (exact) mass is 379 g/mol. The molecule has 0 heterocycles. The van der Waals surface area contributed by atoms with Crippen molar-refractivity contribution >= 4 is 29.9 Å². The third-order valence-electron chi connectivity index (χ3n) is 3.74. The molecule has 0 aromatic heterocycles. The standard InChI is InChI=1S/C19H22FN3O2.ClH/c1-13(11-21-2)18(24)22-12-14-3-9-17(10-4-14)23-19(25)15-5-7-16(20)8-6-15;/h3-10,13,21H,11-12H2,1-2H3,(H,22,24)(H,23,25);1H. The molecule has 2 aromatic carbocycles. The van der Waals surface area contributed by atoms with Crippen molar-refractivity contribution in [3.05, 3.63) is 65.5 Å². The largest absolute Gasteiger partial charge is 0.352 e. The summed E-state index contributed by atoms with van der Waals surface area (Å²) >= 11 is 0. The van der Waals surface area contributed by atoms with E-state index in [0.717, 1.165) is 5.56 Å². The smallest absolute Gasteiger partial charge is 0.255 e. The minimum atomic E-state index is -0.382. The van der Waals surface area contributed by atoms with Crippen LogP contribution in [0.4, 0.5) is 10.1 Å². The van der Waals surface area contributed by atoms with Gasteiger partial charge in [0, 0.05) is 30.3 Å². The number of hydrogen-bond acceptors (Lipinski definition) is 3. The molecule has 0 aliphatic heterocycles. The number of halogens is 2. The van der Waals surface area contributed by atoms with E-state index < -0.39 is 0 Å². The van der Waals surface area contributed by atoms with Gasteiger partial charge in [0.05, 0.1) is 0 Å². The van der Waals surface area contributed by atoms with Crippen LogP contribution in [-0.2, 0) is 11.3 Å². The highest BCUT2D eigenvalue weighted by Crippen LogP contribution is 2.12. The maximum absolute atomic E-state index is 12.9. The van der Waals surface area contributed by atoms with Gasteiger partial charge in [0.1, 0.15) is 5.82 Å². The summed E-state index contributed by atoms with van der Waals surface area (Å²) in [6.07, 6.45) is 0. The SMILES string of the molecule is CNCC(C)C(=O)NCc1ccc(NC(=O)c2ccc(F)cc2)cc1.Cl. The van der Waals surface area contributed by atoms with Crippen LogP contribution in [0.25, 0.3) is 0 Å². The van der Waals surface area contributed by atoms with Crippen LogP contribution >= 0.6 is 12.4 Å². The highest BCUT2D eigenvalue weighted by Gasteiger charge is 2.11. The Hall–Kier alpha value is -2.44. The van der Waals surface area contributed by atoms with Crippen LogP contribution in [-0.4, -0.2) is 25.4 Å². The second kappa shape index (κ2) is 10.5. The maximum Gasteiger partial charge on any atom is 0.255 e.